The second-order valence-corrected chi connectivity index (χ2v) is 4.66. The zero-order valence-corrected chi connectivity index (χ0v) is 11.4. The molecule has 0 unspecified atom stereocenters. The number of aromatic hydroxyl groups is 1. The smallest absolute Gasteiger partial charge is 0.160 e. The zero-order valence-electron chi connectivity index (χ0n) is 11.4. The van der Waals surface area contributed by atoms with Crippen molar-refractivity contribution in [3.8, 4) is 11.5 Å². The fourth-order valence-corrected chi connectivity index (χ4v) is 1.76. The van der Waals surface area contributed by atoms with E-state index in [0.29, 0.717) is 18.3 Å². The van der Waals surface area contributed by atoms with Crippen LogP contribution in [-0.2, 0) is 6.54 Å². The van der Waals surface area contributed by atoms with Crippen LogP contribution in [0.3, 0.4) is 0 Å². The summed E-state index contributed by atoms with van der Waals surface area (Å²) in [5.74, 6) is 0.635. The van der Waals surface area contributed by atoms with E-state index >= 15 is 0 Å². The number of aromatic nitrogens is 2. The molecule has 0 atom stereocenters. The van der Waals surface area contributed by atoms with E-state index in [0.717, 1.165) is 11.3 Å². The minimum absolute atomic E-state index is 0.152. The number of ether oxygens (including phenoxy) is 1. The molecule has 0 aliphatic heterocycles. The minimum Gasteiger partial charge on any atom is -0.504 e. The average molecular weight is 261 g/mol. The topological polar surface area (TPSA) is 59.3 Å². The number of phenols is 1. The number of hydrogen-bond acceptors (Lipinski definition) is 4. The highest BCUT2D eigenvalue weighted by atomic mass is 16.5. The normalized spacial score (nSPS) is 10.7. The van der Waals surface area contributed by atoms with E-state index in [4.69, 9.17) is 4.74 Å². The quantitative estimate of drug-likeness (QED) is 0.869. The lowest BCUT2D eigenvalue weighted by Gasteiger charge is -2.07. The molecule has 0 saturated heterocycles. The first kappa shape index (κ1) is 13.3. The predicted molar refractivity (Wildman–Crippen MR) is 74.6 cm³/mol. The van der Waals surface area contributed by atoms with Crippen molar-refractivity contribution in [3.05, 3.63) is 36.2 Å². The van der Waals surface area contributed by atoms with Gasteiger partial charge < -0.3 is 15.2 Å². The van der Waals surface area contributed by atoms with E-state index < -0.39 is 0 Å². The maximum absolute atomic E-state index is 9.70. The minimum atomic E-state index is 0.152. The summed E-state index contributed by atoms with van der Waals surface area (Å²) in [6.45, 7) is 4.79. The Balaban J connectivity index is 1.99. The standard InChI is InChI=1S/C14H19N3O2/c1-10(2)17-9-12(8-16-17)15-7-11-4-5-14(19-3)13(18)6-11/h4-6,8-10,15,18H,7H2,1-3H3. The van der Waals surface area contributed by atoms with Crippen molar-refractivity contribution in [1.29, 1.82) is 0 Å². The van der Waals surface area contributed by atoms with Gasteiger partial charge in [-0.25, -0.2) is 0 Å². The molecule has 0 spiro atoms. The SMILES string of the molecule is COc1ccc(CNc2cnn(C(C)C)c2)cc1O. The third-order valence-electron chi connectivity index (χ3n) is 2.87. The van der Waals surface area contributed by atoms with Crippen LogP contribution in [0.15, 0.2) is 30.6 Å². The molecule has 2 rings (SSSR count). The van der Waals surface area contributed by atoms with E-state index in [-0.39, 0.29) is 5.75 Å². The first-order chi connectivity index (χ1) is 9.10. The van der Waals surface area contributed by atoms with Gasteiger partial charge in [-0.05, 0) is 31.5 Å². The molecule has 0 fully saturated rings. The van der Waals surface area contributed by atoms with Gasteiger partial charge in [-0.2, -0.15) is 5.10 Å². The Kier molecular flexibility index (Phi) is 3.94. The van der Waals surface area contributed by atoms with Gasteiger partial charge in [0.05, 0.1) is 19.0 Å². The molecular formula is C14H19N3O2. The third kappa shape index (κ3) is 3.19. The van der Waals surface area contributed by atoms with Crippen molar-refractivity contribution in [2.24, 2.45) is 0 Å². The Morgan fingerprint density at radius 1 is 1.42 bits per heavy atom. The summed E-state index contributed by atoms with van der Waals surface area (Å²) in [4.78, 5) is 0. The first-order valence-electron chi connectivity index (χ1n) is 6.24. The van der Waals surface area contributed by atoms with Gasteiger partial charge in [-0.3, -0.25) is 4.68 Å². The highest BCUT2D eigenvalue weighted by Crippen LogP contribution is 2.26. The molecule has 1 aromatic heterocycles. The molecular weight excluding hydrogens is 242 g/mol. The Hall–Kier alpha value is -2.17. The van der Waals surface area contributed by atoms with Gasteiger partial charge in [-0.1, -0.05) is 6.07 Å². The summed E-state index contributed by atoms with van der Waals surface area (Å²) in [5.41, 5.74) is 1.94. The van der Waals surface area contributed by atoms with Crippen LogP contribution in [0.4, 0.5) is 5.69 Å². The van der Waals surface area contributed by atoms with Gasteiger partial charge in [0.2, 0.25) is 0 Å². The van der Waals surface area contributed by atoms with Crippen LogP contribution in [0.2, 0.25) is 0 Å². The first-order valence-corrected chi connectivity index (χ1v) is 6.24. The van der Waals surface area contributed by atoms with E-state index in [1.54, 1.807) is 18.3 Å². The molecule has 0 amide bonds. The molecule has 2 aromatic rings. The van der Waals surface area contributed by atoms with Crippen LogP contribution >= 0.6 is 0 Å². The summed E-state index contributed by atoms with van der Waals surface area (Å²) in [7, 11) is 1.54. The largest absolute Gasteiger partial charge is 0.504 e. The second-order valence-electron chi connectivity index (χ2n) is 4.66. The summed E-state index contributed by atoms with van der Waals surface area (Å²) in [6, 6.07) is 5.71. The van der Waals surface area contributed by atoms with Crippen molar-refractivity contribution in [2.75, 3.05) is 12.4 Å². The molecule has 2 N–H and O–H groups in total. The average Bonchev–Trinajstić information content (AvgIpc) is 2.85. The summed E-state index contributed by atoms with van der Waals surface area (Å²) in [5, 5.41) is 17.2. The summed E-state index contributed by atoms with van der Waals surface area (Å²) >= 11 is 0. The van der Waals surface area contributed by atoms with E-state index in [2.05, 4.69) is 24.3 Å². The lowest BCUT2D eigenvalue weighted by Crippen LogP contribution is -2.01. The number of rotatable bonds is 5. The lowest BCUT2D eigenvalue weighted by atomic mass is 10.2. The Bertz CT molecular complexity index is 549. The fourth-order valence-electron chi connectivity index (χ4n) is 1.76. The number of anilines is 1. The van der Waals surface area contributed by atoms with E-state index in [9.17, 15) is 5.11 Å². The van der Waals surface area contributed by atoms with E-state index in [1.165, 1.54) is 7.11 Å². The highest BCUT2D eigenvalue weighted by Gasteiger charge is 2.04. The van der Waals surface area contributed by atoms with Crippen molar-refractivity contribution in [2.45, 2.75) is 26.4 Å². The van der Waals surface area contributed by atoms with Crippen LogP contribution in [-0.4, -0.2) is 22.0 Å². The monoisotopic (exact) mass is 261 g/mol. The number of hydrogen-bond donors (Lipinski definition) is 2. The van der Waals surface area contributed by atoms with Crippen LogP contribution < -0.4 is 10.1 Å². The molecule has 5 heteroatoms. The number of nitrogens with one attached hydrogen (secondary N) is 1. The van der Waals surface area contributed by atoms with Crippen molar-refractivity contribution in [1.82, 2.24) is 9.78 Å². The van der Waals surface area contributed by atoms with Crippen LogP contribution in [0.25, 0.3) is 0 Å². The lowest BCUT2D eigenvalue weighted by molar-refractivity contribution is 0.373. The molecule has 1 aromatic carbocycles. The van der Waals surface area contributed by atoms with Gasteiger partial charge in [0.25, 0.3) is 0 Å². The summed E-state index contributed by atoms with van der Waals surface area (Å²) in [6.07, 6.45) is 3.76. The predicted octanol–water partition coefficient (Wildman–Crippen LogP) is 2.79. The van der Waals surface area contributed by atoms with Crippen LogP contribution in [0.1, 0.15) is 25.5 Å². The number of benzene rings is 1. The molecule has 0 saturated carbocycles. The van der Waals surface area contributed by atoms with E-state index in [1.807, 2.05) is 16.9 Å². The number of phenolic OH excluding ortho intramolecular Hbond substituents is 1. The highest BCUT2D eigenvalue weighted by molar-refractivity contribution is 5.44. The molecule has 102 valence electrons. The Morgan fingerprint density at radius 3 is 2.79 bits per heavy atom. The fraction of sp³-hybridized carbons (Fsp3) is 0.357. The molecule has 0 radical (unpaired) electrons. The second kappa shape index (κ2) is 5.65. The third-order valence-corrected chi connectivity index (χ3v) is 2.87. The molecule has 0 aliphatic rings. The van der Waals surface area contributed by atoms with Gasteiger partial charge in [0.15, 0.2) is 11.5 Å². The van der Waals surface area contributed by atoms with Crippen molar-refractivity contribution >= 4 is 5.69 Å². The van der Waals surface area contributed by atoms with Crippen molar-refractivity contribution < 1.29 is 9.84 Å². The summed E-state index contributed by atoms with van der Waals surface area (Å²) < 4.78 is 6.91. The zero-order chi connectivity index (χ0) is 13.8. The molecule has 5 nitrogen and oxygen atoms in total. The Morgan fingerprint density at radius 2 is 2.21 bits per heavy atom. The molecule has 19 heavy (non-hydrogen) atoms. The van der Waals surface area contributed by atoms with Crippen LogP contribution in [0, 0.1) is 0 Å². The molecule has 0 aliphatic carbocycles. The van der Waals surface area contributed by atoms with Gasteiger partial charge in [-0.15, -0.1) is 0 Å². The number of methoxy groups -OCH3 is 1. The van der Waals surface area contributed by atoms with Crippen LogP contribution in [0.5, 0.6) is 11.5 Å². The number of nitrogens with zero attached hydrogens (tertiary/aromatic N) is 2. The van der Waals surface area contributed by atoms with Gasteiger partial charge in [0.1, 0.15) is 0 Å². The Labute approximate surface area is 112 Å². The van der Waals surface area contributed by atoms with Gasteiger partial charge in [0, 0.05) is 18.8 Å². The van der Waals surface area contributed by atoms with Crippen molar-refractivity contribution in [3.63, 3.8) is 0 Å². The van der Waals surface area contributed by atoms with Gasteiger partial charge >= 0.3 is 0 Å². The maximum Gasteiger partial charge on any atom is 0.160 e. The molecule has 1 heterocycles. The molecule has 0 bridgehead atoms. The maximum atomic E-state index is 9.70.